The largest absolute Gasteiger partial charge is 0.416 e. The van der Waals surface area contributed by atoms with Crippen LogP contribution in [0.5, 0.6) is 0 Å². The Kier molecular flexibility index (Phi) is 3.16. The van der Waals surface area contributed by atoms with Gasteiger partial charge in [-0.15, -0.1) is 0 Å². The molecule has 14 heavy (non-hydrogen) atoms. The van der Waals surface area contributed by atoms with E-state index >= 15 is 0 Å². The summed E-state index contributed by atoms with van der Waals surface area (Å²) in [4.78, 5) is 0. The summed E-state index contributed by atoms with van der Waals surface area (Å²) >= 11 is 0. The van der Waals surface area contributed by atoms with Crippen molar-refractivity contribution < 1.29 is 18.3 Å². The third kappa shape index (κ3) is 2.26. The van der Waals surface area contributed by atoms with Crippen molar-refractivity contribution in [3.63, 3.8) is 0 Å². The van der Waals surface area contributed by atoms with E-state index in [0.29, 0.717) is 5.56 Å². The van der Waals surface area contributed by atoms with E-state index in [1.807, 2.05) is 0 Å². The van der Waals surface area contributed by atoms with Crippen LogP contribution in [0.15, 0.2) is 18.2 Å². The van der Waals surface area contributed by atoms with Crippen LogP contribution in [0.3, 0.4) is 0 Å². The van der Waals surface area contributed by atoms with Gasteiger partial charge in [-0.2, -0.15) is 13.2 Å². The second-order valence-corrected chi connectivity index (χ2v) is 3.07. The van der Waals surface area contributed by atoms with Crippen molar-refractivity contribution in [1.82, 2.24) is 0 Å². The normalized spacial score (nSPS) is 11.8. The first-order valence-electron chi connectivity index (χ1n) is 4.23. The first-order chi connectivity index (χ1) is 6.46. The number of hydrogen-bond donors (Lipinski definition) is 1. The number of aryl methyl sites for hydroxylation is 1. The zero-order valence-corrected chi connectivity index (χ0v) is 7.73. The summed E-state index contributed by atoms with van der Waals surface area (Å²) in [5, 5.41) is 8.67. The zero-order valence-electron chi connectivity index (χ0n) is 7.73. The van der Waals surface area contributed by atoms with Gasteiger partial charge < -0.3 is 5.11 Å². The van der Waals surface area contributed by atoms with Crippen molar-refractivity contribution in [3.05, 3.63) is 34.9 Å². The van der Waals surface area contributed by atoms with Gasteiger partial charge in [0, 0.05) is 6.61 Å². The minimum absolute atomic E-state index is 0.0432. The van der Waals surface area contributed by atoms with Crippen LogP contribution < -0.4 is 0 Å². The lowest BCUT2D eigenvalue weighted by atomic mass is 9.99. The maximum absolute atomic E-state index is 12.5. The highest BCUT2D eigenvalue weighted by molar-refractivity contribution is 5.36. The van der Waals surface area contributed by atoms with Crippen molar-refractivity contribution >= 4 is 0 Å². The summed E-state index contributed by atoms with van der Waals surface area (Å²) in [7, 11) is 0. The topological polar surface area (TPSA) is 20.2 Å². The molecule has 0 bridgehead atoms. The molecule has 0 saturated heterocycles. The second kappa shape index (κ2) is 4.00. The first kappa shape index (κ1) is 11.0. The van der Waals surface area contributed by atoms with Gasteiger partial charge in [-0.3, -0.25) is 0 Å². The van der Waals surface area contributed by atoms with Gasteiger partial charge in [0.05, 0.1) is 5.56 Å². The Morgan fingerprint density at radius 1 is 1.29 bits per heavy atom. The van der Waals surface area contributed by atoms with Crippen LogP contribution in [0.4, 0.5) is 13.2 Å². The molecule has 0 aliphatic rings. The van der Waals surface area contributed by atoms with Gasteiger partial charge in [0.25, 0.3) is 0 Å². The summed E-state index contributed by atoms with van der Waals surface area (Å²) < 4.78 is 37.4. The molecule has 0 radical (unpaired) electrons. The summed E-state index contributed by atoms with van der Waals surface area (Å²) in [6.07, 6.45) is -4.29. The molecule has 0 amide bonds. The Morgan fingerprint density at radius 3 is 2.43 bits per heavy atom. The molecule has 1 aromatic carbocycles. The van der Waals surface area contributed by atoms with E-state index in [1.54, 1.807) is 13.0 Å². The van der Waals surface area contributed by atoms with Gasteiger partial charge in [-0.05, 0) is 30.5 Å². The molecule has 0 aliphatic carbocycles. The number of hydrogen-bond acceptors (Lipinski definition) is 1. The number of rotatable bonds is 2. The minimum Gasteiger partial charge on any atom is -0.396 e. The van der Waals surface area contributed by atoms with E-state index in [0.717, 1.165) is 6.07 Å². The molecule has 0 aromatic heterocycles. The summed E-state index contributed by atoms with van der Waals surface area (Å²) in [6.45, 7) is 1.34. The van der Waals surface area contributed by atoms with Crippen LogP contribution in [0.25, 0.3) is 0 Å². The van der Waals surface area contributed by atoms with Crippen LogP contribution in [0.2, 0.25) is 0 Å². The molecule has 78 valence electrons. The Morgan fingerprint density at radius 2 is 1.93 bits per heavy atom. The molecule has 1 rings (SSSR count). The average molecular weight is 204 g/mol. The molecule has 0 spiro atoms. The molecule has 0 fully saturated rings. The third-order valence-corrected chi connectivity index (χ3v) is 2.08. The maximum atomic E-state index is 12.5. The van der Waals surface area contributed by atoms with E-state index in [1.165, 1.54) is 6.07 Å². The average Bonchev–Trinajstić information content (AvgIpc) is 2.07. The maximum Gasteiger partial charge on any atom is 0.416 e. The van der Waals surface area contributed by atoms with Gasteiger partial charge in [0.2, 0.25) is 0 Å². The van der Waals surface area contributed by atoms with Crippen LogP contribution in [0.1, 0.15) is 16.7 Å². The smallest absolute Gasteiger partial charge is 0.396 e. The van der Waals surface area contributed by atoms with Crippen LogP contribution in [0, 0.1) is 6.92 Å². The number of aliphatic hydroxyl groups is 1. The third-order valence-electron chi connectivity index (χ3n) is 2.08. The van der Waals surface area contributed by atoms with Crippen molar-refractivity contribution in [1.29, 1.82) is 0 Å². The van der Waals surface area contributed by atoms with E-state index in [9.17, 15) is 13.2 Å². The van der Waals surface area contributed by atoms with Crippen molar-refractivity contribution in [3.8, 4) is 0 Å². The van der Waals surface area contributed by atoms with Crippen LogP contribution in [-0.2, 0) is 12.6 Å². The Labute approximate surface area is 80.2 Å². The standard InChI is InChI=1S/C10H11F3O/c1-7-3-2-4-9(10(11,12)13)8(7)5-6-14/h2-4,14H,5-6H2,1H3. The fourth-order valence-corrected chi connectivity index (χ4v) is 1.41. The predicted octanol–water partition coefficient (Wildman–Crippen LogP) is 2.55. The molecule has 1 aromatic rings. The fraction of sp³-hybridized carbons (Fsp3) is 0.400. The Hall–Kier alpha value is -1.03. The lowest BCUT2D eigenvalue weighted by Crippen LogP contribution is -2.11. The van der Waals surface area contributed by atoms with Gasteiger partial charge in [-0.25, -0.2) is 0 Å². The van der Waals surface area contributed by atoms with E-state index < -0.39 is 11.7 Å². The number of aliphatic hydroxyl groups excluding tert-OH is 1. The number of halogens is 3. The number of benzene rings is 1. The minimum atomic E-state index is -4.34. The zero-order chi connectivity index (χ0) is 10.8. The Balaban J connectivity index is 3.21. The molecule has 1 N–H and O–H groups in total. The molecular weight excluding hydrogens is 193 g/mol. The number of alkyl halides is 3. The predicted molar refractivity (Wildman–Crippen MR) is 47.0 cm³/mol. The highest BCUT2D eigenvalue weighted by atomic mass is 19.4. The van der Waals surface area contributed by atoms with E-state index in [2.05, 4.69) is 0 Å². The van der Waals surface area contributed by atoms with Crippen LogP contribution >= 0.6 is 0 Å². The first-order valence-corrected chi connectivity index (χ1v) is 4.23. The van der Waals surface area contributed by atoms with Crippen molar-refractivity contribution in [2.24, 2.45) is 0 Å². The summed E-state index contributed by atoms with van der Waals surface area (Å²) in [6, 6.07) is 4.03. The van der Waals surface area contributed by atoms with Crippen molar-refractivity contribution in [2.45, 2.75) is 19.5 Å². The lowest BCUT2D eigenvalue weighted by molar-refractivity contribution is -0.138. The SMILES string of the molecule is Cc1cccc(C(F)(F)F)c1CCO. The molecule has 0 saturated carbocycles. The second-order valence-electron chi connectivity index (χ2n) is 3.07. The van der Waals surface area contributed by atoms with Crippen LogP contribution in [-0.4, -0.2) is 11.7 Å². The van der Waals surface area contributed by atoms with E-state index in [-0.39, 0.29) is 18.6 Å². The summed E-state index contributed by atoms with van der Waals surface area (Å²) in [5.74, 6) is 0. The van der Waals surface area contributed by atoms with Crippen molar-refractivity contribution in [2.75, 3.05) is 6.61 Å². The van der Waals surface area contributed by atoms with E-state index in [4.69, 9.17) is 5.11 Å². The highest BCUT2D eigenvalue weighted by Crippen LogP contribution is 2.33. The fourth-order valence-electron chi connectivity index (χ4n) is 1.41. The Bertz CT molecular complexity index is 318. The van der Waals surface area contributed by atoms with Gasteiger partial charge in [-0.1, -0.05) is 12.1 Å². The highest BCUT2D eigenvalue weighted by Gasteiger charge is 2.33. The van der Waals surface area contributed by atoms with Gasteiger partial charge >= 0.3 is 6.18 Å². The molecule has 1 nitrogen and oxygen atoms in total. The summed E-state index contributed by atoms with van der Waals surface area (Å²) in [5.41, 5.74) is 0.0999. The molecule has 0 heterocycles. The molecular formula is C10H11F3O. The monoisotopic (exact) mass is 204 g/mol. The quantitative estimate of drug-likeness (QED) is 0.784. The molecule has 0 atom stereocenters. The molecule has 0 unspecified atom stereocenters. The van der Waals surface area contributed by atoms with Gasteiger partial charge in [0.1, 0.15) is 0 Å². The molecule has 4 heteroatoms. The van der Waals surface area contributed by atoms with Gasteiger partial charge in [0.15, 0.2) is 0 Å². The lowest BCUT2D eigenvalue weighted by Gasteiger charge is -2.14. The molecule has 0 aliphatic heterocycles.